The average Bonchev–Trinajstić information content (AvgIpc) is 2.88. The second-order valence-corrected chi connectivity index (χ2v) is 6.25. The Hall–Kier alpha value is -0.0800. The quantitative estimate of drug-likeness (QED) is 0.794. The summed E-state index contributed by atoms with van der Waals surface area (Å²) in [6, 6.07) is 0.725. The largest absolute Gasteiger partial charge is 0.378 e. The van der Waals surface area contributed by atoms with Gasteiger partial charge in [0.15, 0.2) is 0 Å². The van der Waals surface area contributed by atoms with Crippen LogP contribution in [0.4, 0.5) is 0 Å². The fraction of sp³-hybridized carbons (Fsp3) is 1.00. The molecule has 2 aliphatic carbocycles. The predicted octanol–water partition coefficient (Wildman–Crippen LogP) is 2.58. The fourth-order valence-corrected chi connectivity index (χ4v) is 4.13. The molecule has 3 rings (SSSR count). The minimum absolute atomic E-state index is 0.464. The van der Waals surface area contributed by atoms with E-state index in [9.17, 15) is 0 Å². The van der Waals surface area contributed by atoms with Gasteiger partial charge >= 0.3 is 0 Å². The molecular weight excluding hydrogens is 198 g/mol. The maximum Gasteiger partial charge on any atom is 0.0561 e. The van der Waals surface area contributed by atoms with Crippen molar-refractivity contribution in [2.75, 3.05) is 13.2 Å². The highest BCUT2D eigenvalue weighted by Gasteiger charge is 2.39. The van der Waals surface area contributed by atoms with Gasteiger partial charge in [-0.2, -0.15) is 0 Å². The minimum atomic E-state index is 0.464. The molecule has 2 bridgehead atoms. The first-order chi connectivity index (χ1) is 7.81. The maximum atomic E-state index is 5.59. The molecule has 3 aliphatic rings. The Morgan fingerprint density at radius 2 is 2.06 bits per heavy atom. The van der Waals surface area contributed by atoms with Crippen LogP contribution in [0, 0.1) is 17.8 Å². The van der Waals surface area contributed by atoms with Gasteiger partial charge in [-0.3, -0.25) is 0 Å². The first-order valence-corrected chi connectivity index (χ1v) is 7.16. The molecule has 2 saturated carbocycles. The zero-order valence-corrected chi connectivity index (χ0v) is 10.5. The van der Waals surface area contributed by atoms with Gasteiger partial charge in [-0.15, -0.1) is 0 Å². The maximum absolute atomic E-state index is 5.59. The van der Waals surface area contributed by atoms with Crippen molar-refractivity contribution < 1.29 is 4.74 Å². The van der Waals surface area contributed by atoms with Gasteiger partial charge in [0.1, 0.15) is 0 Å². The smallest absolute Gasteiger partial charge is 0.0561 e. The molecule has 2 heteroatoms. The van der Waals surface area contributed by atoms with Crippen molar-refractivity contribution in [2.24, 2.45) is 17.8 Å². The predicted molar refractivity (Wildman–Crippen MR) is 65.4 cm³/mol. The molecule has 16 heavy (non-hydrogen) atoms. The lowest BCUT2D eigenvalue weighted by Gasteiger charge is -2.30. The van der Waals surface area contributed by atoms with Crippen LogP contribution < -0.4 is 5.32 Å². The molecule has 0 spiro atoms. The van der Waals surface area contributed by atoms with Crippen molar-refractivity contribution in [3.8, 4) is 0 Å². The highest BCUT2D eigenvalue weighted by Crippen LogP contribution is 2.48. The van der Waals surface area contributed by atoms with E-state index < -0.39 is 0 Å². The van der Waals surface area contributed by atoms with Crippen LogP contribution in [0.3, 0.4) is 0 Å². The molecule has 0 amide bonds. The average molecular weight is 223 g/mol. The summed E-state index contributed by atoms with van der Waals surface area (Å²) in [5.74, 6) is 3.15. The van der Waals surface area contributed by atoms with Crippen molar-refractivity contribution in [1.82, 2.24) is 5.32 Å². The van der Waals surface area contributed by atoms with Crippen molar-refractivity contribution in [3.05, 3.63) is 0 Å². The summed E-state index contributed by atoms with van der Waals surface area (Å²) in [5.41, 5.74) is 0. The van der Waals surface area contributed by atoms with Gasteiger partial charge in [0.05, 0.1) is 6.10 Å². The lowest BCUT2D eigenvalue weighted by molar-refractivity contribution is 0.0123. The van der Waals surface area contributed by atoms with E-state index in [0.29, 0.717) is 6.10 Å². The van der Waals surface area contributed by atoms with Gasteiger partial charge in [0.2, 0.25) is 0 Å². The fourth-order valence-electron chi connectivity index (χ4n) is 4.13. The third-order valence-corrected chi connectivity index (χ3v) is 5.04. The van der Waals surface area contributed by atoms with E-state index in [-0.39, 0.29) is 0 Å². The summed E-state index contributed by atoms with van der Waals surface area (Å²) in [6.07, 6.45) is 8.97. The number of hydrogen-bond acceptors (Lipinski definition) is 2. The van der Waals surface area contributed by atoms with Crippen molar-refractivity contribution in [1.29, 1.82) is 0 Å². The summed E-state index contributed by atoms with van der Waals surface area (Å²) < 4.78 is 5.59. The highest BCUT2D eigenvalue weighted by molar-refractivity contribution is 4.91. The van der Waals surface area contributed by atoms with Gasteiger partial charge < -0.3 is 10.1 Å². The molecular formula is C14H25NO. The van der Waals surface area contributed by atoms with Crippen molar-refractivity contribution >= 4 is 0 Å². The molecule has 0 aromatic heterocycles. The molecule has 1 saturated heterocycles. The van der Waals surface area contributed by atoms with Crippen molar-refractivity contribution in [3.63, 3.8) is 0 Å². The van der Waals surface area contributed by atoms with Crippen LogP contribution in [0.1, 0.15) is 45.4 Å². The van der Waals surface area contributed by atoms with Crippen LogP contribution in [-0.2, 0) is 4.74 Å². The summed E-state index contributed by atoms with van der Waals surface area (Å²) in [6.45, 7) is 4.43. The number of fused-ring (bicyclic) bond motifs is 2. The number of rotatable bonds is 3. The zero-order chi connectivity index (χ0) is 11.0. The Kier molecular flexibility index (Phi) is 3.21. The second-order valence-electron chi connectivity index (χ2n) is 6.25. The van der Waals surface area contributed by atoms with E-state index in [1.165, 1.54) is 45.1 Å². The standard InChI is InChI=1S/C14H25NO/c1-10-6-14(4-5-16-10)15-9-13-8-11-2-3-12(13)7-11/h10-15H,2-9H2,1H3. The second kappa shape index (κ2) is 4.66. The van der Waals surface area contributed by atoms with Gasteiger partial charge in [0, 0.05) is 12.6 Å². The van der Waals surface area contributed by atoms with Crippen molar-refractivity contribution in [2.45, 2.75) is 57.6 Å². The van der Waals surface area contributed by atoms with E-state index in [1.807, 2.05) is 0 Å². The third kappa shape index (κ3) is 2.28. The van der Waals surface area contributed by atoms with Gasteiger partial charge in [0.25, 0.3) is 0 Å². The van der Waals surface area contributed by atoms with E-state index in [0.717, 1.165) is 30.4 Å². The minimum Gasteiger partial charge on any atom is -0.378 e. The molecule has 5 unspecified atom stereocenters. The van der Waals surface area contributed by atoms with Gasteiger partial charge in [-0.05, 0) is 63.3 Å². The van der Waals surface area contributed by atoms with E-state index in [4.69, 9.17) is 4.74 Å². The van der Waals surface area contributed by atoms with E-state index >= 15 is 0 Å². The Bertz CT molecular complexity index is 243. The van der Waals surface area contributed by atoms with Crippen LogP contribution >= 0.6 is 0 Å². The van der Waals surface area contributed by atoms with Crippen LogP contribution in [0.2, 0.25) is 0 Å². The number of nitrogens with one attached hydrogen (secondary N) is 1. The molecule has 1 N–H and O–H groups in total. The summed E-state index contributed by atoms with van der Waals surface area (Å²) in [4.78, 5) is 0. The summed E-state index contributed by atoms with van der Waals surface area (Å²) in [5, 5.41) is 3.80. The Balaban J connectivity index is 1.42. The normalized spacial score (nSPS) is 47.4. The lowest BCUT2D eigenvalue weighted by Crippen LogP contribution is -2.40. The first kappa shape index (κ1) is 11.0. The third-order valence-electron chi connectivity index (χ3n) is 5.04. The monoisotopic (exact) mass is 223 g/mol. The van der Waals surface area contributed by atoms with Gasteiger partial charge in [-0.1, -0.05) is 6.42 Å². The van der Waals surface area contributed by atoms with Gasteiger partial charge in [-0.25, -0.2) is 0 Å². The SMILES string of the molecule is CC1CC(NCC2CC3CCC2C3)CCO1. The molecule has 0 aromatic carbocycles. The molecule has 0 aromatic rings. The zero-order valence-electron chi connectivity index (χ0n) is 10.5. The molecule has 5 atom stereocenters. The number of ether oxygens (including phenoxy) is 1. The first-order valence-electron chi connectivity index (χ1n) is 7.16. The summed E-state index contributed by atoms with van der Waals surface area (Å²) in [7, 11) is 0. The molecule has 1 aliphatic heterocycles. The molecule has 2 nitrogen and oxygen atoms in total. The van der Waals surface area contributed by atoms with Crippen LogP contribution in [-0.4, -0.2) is 25.3 Å². The summed E-state index contributed by atoms with van der Waals surface area (Å²) >= 11 is 0. The van der Waals surface area contributed by atoms with Crippen LogP contribution in [0.25, 0.3) is 0 Å². The Labute approximate surface area is 99.1 Å². The van der Waals surface area contributed by atoms with E-state index in [1.54, 1.807) is 0 Å². The Morgan fingerprint density at radius 3 is 2.75 bits per heavy atom. The highest BCUT2D eigenvalue weighted by atomic mass is 16.5. The topological polar surface area (TPSA) is 21.3 Å². The number of hydrogen-bond donors (Lipinski definition) is 1. The molecule has 0 radical (unpaired) electrons. The molecule has 92 valence electrons. The Morgan fingerprint density at radius 1 is 1.12 bits per heavy atom. The molecule has 3 fully saturated rings. The van der Waals surface area contributed by atoms with Crippen LogP contribution in [0.5, 0.6) is 0 Å². The lowest BCUT2D eigenvalue weighted by atomic mass is 9.88. The van der Waals surface area contributed by atoms with Crippen LogP contribution in [0.15, 0.2) is 0 Å². The van der Waals surface area contributed by atoms with E-state index in [2.05, 4.69) is 12.2 Å². The molecule has 1 heterocycles.